The molecular weight excluding hydrogens is 221 g/mol. The lowest BCUT2D eigenvalue weighted by Gasteiger charge is -2.32. The molecule has 0 heterocycles. The van der Waals surface area contributed by atoms with E-state index in [1.165, 1.54) is 18.2 Å². The predicted molar refractivity (Wildman–Crippen MR) is 49.9 cm³/mol. The minimum Gasteiger partial charge on any atom is -0.170 e. The average molecular weight is 229 g/mol. The van der Waals surface area contributed by atoms with Crippen LogP contribution in [0.3, 0.4) is 0 Å². The fourth-order valence-electron chi connectivity index (χ4n) is 1.12. The van der Waals surface area contributed by atoms with Gasteiger partial charge in [0.1, 0.15) is 10.1 Å². The van der Waals surface area contributed by atoms with Gasteiger partial charge in [-0.05, 0) is 6.26 Å². The van der Waals surface area contributed by atoms with Gasteiger partial charge in [0.2, 0.25) is 0 Å². The van der Waals surface area contributed by atoms with Gasteiger partial charge in [0.25, 0.3) is 0 Å². The first-order valence-electron chi connectivity index (χ1n) is 3.57. The van der Waals surface area contributed by atoms with Crippen LogP contribution in [-0.2, 0) is 0 Å². The third kappa shape index (κ3) is 2.23. The smallest absolute Gasteiger partial charge is 0.170 e. The Labute approximate surface area is 83.8 Å². The van der Waals surface area contributed by atoms with Crippen LogP contribution >= 0.6 is 23.4 Å². The Kier molecular flexibility index (Phi) is 3.02. The van der Waals surface area contributed by atoms with Crippen molar-refractivity contribution in [3.8, 4) is 0 Å². The molecule has 0 aromatic heterocycles. The van der Waals surface area contributed by atoms with Crippen LogP contribution in [0.2, 0.25) is 0 Å². The lowest BCUT2D eigenvalue weighted by molar-refractivity contribution is -0.161. The van der Waals surface area contributed by atoms with Crippen molar-refractivity contribution in [3.05, 3.63) is 24.3 Å². The van der Waals surface area contributed by atoms with Gasteiger partial charge in [-0.3, -0.25) is 0 Å². The molecule has 2 unspecified atom stereocenters. The fraction of sp³-hybridized carbons (Fsp3) is 0.500. The van der Waals surface area contributed by atoms with Crippen LogP contribution < -0.4 is 0 Å². The summed E-state index contributed by atoms with van der Waals surface area (Å²) in [6, 6.07) is 0. The second-order valence-corrected chi connectivity index (χ2v) is 4.60. The summed E-state index contributed by atoms with van der Waals surface area (Å²) in [6.45, 7) is 0. The van der Waals surface area contributed by atoms with Gasteiger partial charge in [-0.25, -0.2) is 0 Å². The van der Waals surface area contributed by atoms with Crippen LogP contribution in [0.1, 0.15) is 0 Å². The van der Waals surface area contributed by atoms with Gasteiger partial charge in [0.05, 0.1) is 0 Å². The first-order chi connectivity index (χ1) is 5.90. The standard InChI is InChI=1S/C8H8ClF3S/c1-13-7(9)5-3-2-4-6(7)8(10,11)12/h2-6H,1H3. The summed E-state index contributed by atoms with van der Waals surface area (Å²) in [7, 11) is 0. The maximum atomic E-state index is 12.4. The largest absolute Gasteiger partial charge is 0.398 e. The molecule has 1 aliphatic rings. The molecule has 0 bridgehead atoms. The van der Waals surface area contributed by atoms with Crippen molar-refractivity contribution in [2.75, 3.05) is 6.26 Å². The van der Waals surface area contributed by atoms with Crippen molar-refractivity contribution in [1.82, 2.24) is 0 Å². The zero-order chi connectivity index (χ0) is 10.1. The van der Waals surface area contributed by atoms with Gasteiger partial charge in [-0.2, -0.15) is 13.2 Å². The highest BCUT2D eigenvalue weighted by Gasteiger charge is 2.50. The van der Waals surface area contributed by atoms with E-state index in [1.807, 2.05) is 0 Å². The van der Waals surface area contributed by atoms with Crippen molar-refractivity contribution in [2.24, 2.45) is 5.92 Å². The number of hydrogen-bond acceptors (Lipinski definition) is 1. The first-order valence-corrected chi connectivity index (χ1v) is 5.17. The van der Waals surface area contributed by atoms with Gasteiger partial charge in [-0.15, -0.1) is 23.4 Å². The van der Waals surface area contributed by atoms with E-state index in [0.29, 0.717) is 0 Å². The lowest BCUT2D eigenvalue weighted by Crippen LogP contribution is -2.37. The highest BCUT2D eigenvalue weighted by Crippen LogP contribution is 2.47. The van der Waals surface area contributed by atoms with E-state index in [-0.39, 0.29) is 0 Å². The molecule has 0 spiro atoms. The number of halogens is 4. The SMILES string of the molecule is CSC1(Cl)C=CC=CC1C(F)(F)F. The molecule has 1 rings (SSSR count). The van der Waals surface area contributed by atoms with E-state index in [1.54, 1.807) is 6.26 Å². The number of allylic oxidation sites excluding steroid dienone is 3. The second kappa shape index (κ2) is 3.58. The molecule has 0 radical (unpaired) electrons. The van der Waals surface area contributed by atoms with Crippen LogP contribution in [-0.4, -0.2) is 16.6 Å². The van der Waals surface area contributed by atoms with Gasteiger partial charge < -0.3 is 0 Å². The normalized spacial score (nSPS) is 33.8. The quantitative estimate of drug-likeness (QED) is 0.618. The van der Waals surface area contributed by atoms with Crippen LogP contribution in [0.25, 0.3) is 0 Å². The Morgan fingerprint density at radius 2 is 2.00 bits per heavy atom. The van der Waals surface area contributed by atoms with E-state index in [4.69, 9.17) is 11.6 Å². The maximum Gasteiger partial charge on any atom is 0.398 e. The molecule has 0 N–H and O–H groups in total. The van der Waals surface area contributed by atoms with E-state index in [2.05, 4.69) is 0 Å². The summed E-state index contributed by atoms with van der Waals surface area (Å²) in [5.41, 5.74) is 0. The minimum atomic E-state index is -4.29. The Bertz CT molecular complexity index is 246. The third-order valence-corrected chi connectivity index (χ3v) is 3.67. The summed E-state index contributed by atoms with van der Waals surface area (Å²) in [4.78, 5) is 0. The molecule has 0 aliphatic heterocycles. The molecule has 5 heteroatoms. The molecule has 13 heavy (non-hydrogen) atoms. The zero-order valence-electron chi connectivity index (χ0n) is 6.81. The summed E-state index contributed by atoms with van der Waals surface area (Å²) >= 11 is 6.81. The van der Waals surface area contributed by atoms with Crippen molar-refractivity contribution < 1.29 is 13.2 Å². The highest BCUT2D eigenvalue weighted by atomic mass is 35.5. The zero-order valence-corrected chi connectivity index (χ0v) is 8.38. The number of rotatable bonds is 1. The monoisotopic (exact) mass is 228 g/mol. The number of alkyl halides is 4. The Morgan fingerprint density at radius 1 is 1.38 bits per heavy atom. The highest BCUT2D eigenvalue weighted by molar-refractivity contribution is 8.01. The molecule has 0 amide bonds. The van der Waals surface area contributed by atoms with Crippen LogP contribution in [0, 0.1) is 5.92 Å². The summed E-state index contributed by atoms with van der Waals surface area (Å²) in [5.74, 6) is -1.61. The topological polar surface area (TPSA) is 0 Å². The van der Waals surface area contributed by atoms with Gasteiger partial charge in [-0.1, -0.05) is 24.3 Å². The van der Waals surface area contributed by atoms with Crippen LogP contribution in [0.15, 0.2) is 24.3 Å². The van der Waals surface area contributed by atoms with Crippen LogP contribution in [0.4, 0.5) is 13.2 Å². The molecule has 2 atom stereocenters. The fourth-order valence-corrected chi connectivity index (χ4v) is 2.07. The Balaban J connectivity index is 2.96. The van der Waals surface area contributed by atoms with Gasteiger partial charge >= 0.3 is 6.18 Å². The second-order valence-electron chi connectivity index (χ2n) is 2.67. The van der Waals surface area contributed by atoms with Gasteiger partial charge in [0.15, 0.2) is 0 Å². The molecule has 1 aliphatic carbocycles. The molecule has 74 valence electrons. The molecule has 0 aromatic carbocycles. The van der Waals surface area contributed by atoms with E-state index >= 15 is 0 Å². The molecular formula is C8H8ClF3S. The van der Waals surface area contributed by atoms with E-state index in [0.717, 1.165) is 17.8 Å². The summed E-state index contributed by atoms with van der Waals surface area (Å²) in [5, 5.41) is 0. The molecule has 0 fully saturated rings. The Morgan fingerprint density at radius 3 is 2.38 bits per heavy atom. The van der Waals surface area contributed by atoms with Crippen molar-refractivity contribution >= 4 is 23.4 Å². The Hall–Kier alpha value is -0.0900. The molecule has 0 saturated heterocycles. The maximum absolute atomic E-state index is 12.4. The van der Waals surface area contributed by atoms with E-state index in [9.17, 15) is 13.2 Å². The average Bonchev–Trinajstić information content (AvgIpc) is 2.03. The van der Waals surface area contributed by atoms with Crippen LogP contribution in [0.5, 0.6) is 0 Å². The minimum absolute atomic E-state index is 0.990. The molecule has 0 aromatic rings. The molecule has 0 saturated carbocycles. The number of hydrogen-bond donors (Lipinski definition) is 0. The third-order valence-electron chi connectivity index (χ3n) is 1.83. The summed E-state index contributed by atoms with van der Waals surface area (Å²) in [6.07, 6.45) is 2.64. The van der Waals surface area contributed by atoms with Crippen molar-refractivity contribution in [1.29, 1.82) is 0 Å². The first kappa shape index (κ1) is 11.0. The van der Waals surface area contributed by atoms with Crippen molar-refractivity contribution in [2.45, 2.75) is 10.4 Å². The lowest BCUT2D eigenvalue weighted by atomic mass is 9.99. The van der Waals surface area contributed by atoms with Crippen molar-refractivity contribution in [3.63, 3.8) is 0 Å². The summed E-state index contributed by atoms with van der Waals surface area (Å²) < 4.78 is 35.9. The number of thioether (sulfide) groups is 1. The molecule has 0 nitrogen and oxygen atoms in total. The predicted octanol–water partition coefficient (Wildman–Crippen LogP) is 3.59. The van der Waals surface area contributed by atoms with E-state index < -0.39 is 16.3 Å². The van der Waals surface area contributed by atoms with Gasteiger partial charge in [0, 0.05) is 0 Å².